The van der Waals surface area contributed by atoms with Gasteiger partial charge in [-0.15, -0.1) is 0 Å². The van der Waals surface area contributed by atoms with Gasteiger partial charge in [0.1, 0.15) is 0 Å². The summed E-state index contributed by atoms with van der Waals surface area (Å²) in [6.45, 7) is 0. The lowest BCUT2D eigenvalue weighted by atomic mass is 9.97. The minimum absolute atomic E-state index is 0. The third kappa shape index (κ3) is 56.3. The summed E-state index contributed by atoms with van der Waals surface area (Å²) in [5, 5.41) is 7.89. The quantitative estimate of drug-likeness (QED) is 0.407. The van der Waals surface area contributed by atoms with Crippen LogP contribution in [0.3, 0.4) is 0 Å². The van der Waals surface area contributed by atoms with Gasteiger partial charge in [0.2, 0.25) is 0 Å². The maximum atomic E-state index is 7.89. The van der Waals surface area contributed by atoms with Gasteiger partial charge in [0.25, 0.3) is 0 Å². The lowest BCUT2D eigenvalue weighted by molar-refractivity contribution is 0.669. The number of hydrogen-bond acceptors (Lipinski definition) is 2. The van der Waals surface area contributed by atoms with Crippen LogP contribution in [0.25, 0.3) is 0 Å². The fourth-order valence-electron chi connectivity index (χ4n) is 0.115. The molecule has 0 unspecified atom stereocenters. The molecule has 0 saturated carbocycles. The third-order valence-corrected chi connectivity index (χ3v) is 0.316. The molecule has 0 fully saturated rings. The Labute approximate surface area is 57.5 Å². The van der Waals surface area contributed by atoms with Crippen LogP contribution in [-0.2, 0) is 0 Å². The number of nitrogens with zero attached hydrogens (tertiary/aromatic N) is 2. The van der Waals surface area contributed by atoms with Crippen LogP contribution >= 0.6 is 0 Å². The second-order valence-corrected chi connectivity index (χ2v) is 1.22. The molecule has 0 atom stereocenters. The Bertz CT molecular complexity index is 73.4. The van der Waals surface area contributed by atoms with E-state index in [0.29, 0.717) is 0 Å². The molecule has 63 valence electrons. The highest BCUT2D eigenvalue weighted by atomic mass is 19.0. The van der Waals surface area contributed by atoms with Gasteiger partial charge in [-0.2, -0.15) is 0 Å². The second-order valence-electron chi connectivity index (χ2n) is 1.22. The van der Waals surface area contributed by atoms with Gasteiger partial charge >= 0.3 is 7.41 Å². The van der Waals surface area contributed by atoms with Crippen LogP contribution in [0, 0.1) is 11.2 Å². The fourth-order valence-corrected chi connectivity index (χ4v) is 0.115. The Morgan fingerprint density at radius 1 is 1.10 bits per heavy atom. The molecular weight excluding hydrogens is 151 g/mol. The van der Waals surface area contributed by atoms with Crippen molar-refractivity contribution in [3.8, 4) is 5.97 Å². The van der Waals surface area contributed by atoms with Gasteiger partial charge in [-0.05, 0) is 14.1 Å². The molecule has 0 heterocycles. The topological polar surface area (TPSA) is 27.0 Å². The molecule has 0 amide bonds. The summed E-state index contributed by atoms with van der Waals surface area (Å²) in [7, 11) is 5.05. The highest BCUT2D eigenvalue weighted by Gasteiger charge is 1.85. The zero-order valence-corrected chi connectivity index (χ0v) is 5.60. The van der Waals surface area contributed by atoms with Gasteiger partial charge < -0.3 is 4.81 Å². The minimum atomic E-state index is 0. The van der Waals surface area contributed by atoms with Gasteiger partial charge in [0.15, 0.2) is 0 Å². The number of rotatable bonds is 1. The molecule has 0 aliphatic heterocycles. The van der Waals surface area contributed by atoms with E-state index >= 15 is 0 Å². The molecule has 0 aliphatic carbocycles. The van der Waals surface area contributed by atoms with Crippen molar-refractivity contribution >= 4 is 7.41 Å². The summed E-state index contributed by atoms with van der Waals surface area (Å²) in [6, 6.07) is 0. The van der Waals surface area contributed by atoms with E-state index in [9.17, 15) is 0 Å². The van der Waals surface area contributed by atoms with E-state index in [-0.39, 0.29) is 18.8 Å². The first kappa shape index (κ1) is 34.9. The number of hydrogen-bond donors (Lipinski definition) is 0. The fraction of sp³-hybridized carbons (Fsp3) is 0.667. The average molecular weight is 161 g/mol. The smallest absolute Gasteiger partial charge is 0.338 e. The third-order valence-electron chi connectivity index (χ3n) is 0.316. The van der Waals surface area contributed by atoms with Gasteiger partial charge in [-0.1, -0.05) is 0 Å². The van der Waals surface area contributed by atoms with E-state index in [1.807, 2.05) is 20.1 Å². The molecule has 0 rings (SSSR count). The monoisotopic (exact) mass is 161 g/mol. The number of halogens is 4. The van der Waals surface area contributed by atoms with Crippen molar-refractivity contribution in [2.24, 2.45) is 0 Å². The molecule has 0 saturated heterocycles. The van der Waals surface area contributed by atoms with Crippen molar-refractivity contribution in [2.45, 2.75) is 0 Å². The maximum Gasteiger partial charge on any atom is 0.350 e. The van der Waals surface area contributed by atoms with Crippen LogP contribution in [0.4, 0.5) is 18.8 Å². The zero-order valence-electron chi connectivity index (χ0n) is 5.60. The van der Waals surface area contributed by atoms with E-state index in [4.69, 9.17) is 5.26 Å². The molecule has 2 nitrogen and oxygen atoms in total. The average Bonchev–Trinajstić information content (AvgIpc) is 1.35. The molecule has 0 bridgehead atoms. The maximum absolute atomic E-state index is 7.89. The standard InChI is InChI=1S/C3H6BN2.4FH/c1-6(2)4-3-5;;;;/h1-2H3;4*1H. The lowest BCUT2D eigenvalue weighted by Crippen LogP contribution is -2.14. The van der Waals surface area contributed by atoms with E-state index < -0.39 is 0 Å². The predicted molar refractivity (Wildman–Crippen MR) is 35.1 cm³/mol. The summed E-state index contributed by atoms with van der Waals surface area (Å²) in [4.78, 5) is 1.69. The van der Waals surface area contributed by atoms with Gasteiger partial charge in [-0.25, -0.2) is 5.26 Å². The number of nitriles is 1. The molecule has 0 aromatic carbocycles. The highest BCUT2D eigenvalue weighted by molar-refractivity contribution is 6.41. The largest absolute Gasteiger partial charge is 0.350 e. The Morgan fingerprint density at radius 3 is 1.40 bits per heavy atom. The van der Waals surface area contributed by atoms with Crippen molar-refractivity contribution in [3.05, 3.63) is 0 Å². The van der Waals surface area contributed by atoms with Gasteiger partial charge in [0.05, 0.1) is 0 Å². The minimum Gasteiger partial charge on any atom is -0.338 e. The first-order valence-electron chi connectivity index (χ1n) is 1.66. The normalized spacial score (nSPS) is 4.60. The second kappa shape index (κ2) is 24.0. The van der Waals surface area contributed by atoms with Crippen molar-refractivity contribution < 1.29 is 18.8 Å². The summed E-state index contributed by atoms with van der Waals surface area (Å²) < 4.78 is 0. The summed E-state index contributed by atoms with van der Waals surface area (Å²) >= 11 is 0. The molecule has 0 aromatic rings. The van der Waals surface area contributed by atoms with Crippen molar-refractivity contribution in [1.29, 1.82) is 5.26 Å². The lowest BCUT2D eigenvalue weighted by Gasteiger charge is -1.95. The Balaban J connectivity index is -0.0000000208. The van der Waals surface area contributed by atoms with Crippen LogP contribution in [0.1, 0.15) is 0 Å². The molecular formula is C3H10BF4N2. The van der Waals surface area contributed by atoms with Gasteiger partial charge in [-0.3, -0.25) is 18.8 Å². The van der Waals surface area contributed by atoms with Crippen LogP contribution in [0.15, 0.2) is 0 Å². The molecule has 0 aliphatic rings. The Kier molecular flexibility index (Phi) is 83.9. The van der Waals surface area contributed by atoms with E-state index in [1.54, 1.807) is 4.81 Å². The summed E-state index contributed by atoms with van der Waals surface area (Å²) in [6.07, 6.45) is 0. The van der Waals surface area contributed by atoms with E-state index in [0.717, 1.165) is 0 Å². The molecule has 10 heavy (non-hydrogen) atoms. The zero-order chi connectivity index (χ0) is 4.99. The first-order chi connectivity index (χ1) is 2.77. The molecule has 7 heteroatoms. The molecule has 1 radical (unpaired) electrons. The first-order valence-corrected chi connectivity index (χ1v) is 1.66. The summed E-state index contributed by atoms with van der Waals surface area (Å²) in [5.41, 5.74) is 0. The van der Waals surface area contributed by atoms with Crippen LogP contribution < -0.4 is 0 Å². The highest BCUT2D eigenvalue weighted by Crippen LogP contribution is 1.60. The molecule has 0 aromatic heterocycles. The summed E-state index contributed by atoms with van der Waals surface area (Å²) in [5.74, 6) is 1.87. The van der Waals surface area contributed by atoms with Crippen molar-refractivity contribution in [3.63, 3.8) is 0 Å². The van der Waals surface area contributed by atoms with E-state index in [1.165, 1.54) is 7.41 Å². The predicted octanol–water partition coefficient (Wildman–Crippen LogP) is 0.258. The van der Waals surface area contributed by atoms with Crippen molar-refractivity contribution in [1.82, 2.24) is 4.81 Å². The van der Waals surface area contributed by atoms with Crippen molar-refractivity contribution in [2.75, 3.05) is 14.1 Å². The van der Waals surface area contributed by atoms with Gasteiger partial charge in [0, 0.05) is 5.97 Å². The molecule has 0 N–H and O–H groups in total. The van der Waals surface area contributed by atoms with Crippen LogP contribution in [0.5, 0.6) is 0 Å². The van der Waals surface area contributed by atoms with Crippen LogP contribution in [0.2, 0.25) is 0 Å². The SMILES string of the molecule is CN(C)[B]C#N.F.F.F.F. The van der Waals surface area contributed by atoms with Crippen LogP contribution in [-0.4, -0.2) is 26.3 Å². The Morgan fingerprint density at radius 2 is 1.40 bits per heavy atom. The molecule has 0 spiro atoms. The Hall–Kier alpha value is -0.765. The van der Waals surface area contributed by atoms with E-state index in [2.05, 4.69) is 0 Å².